The van der Waals surface area contributed by atoms with E-state index in [0.717, 1.165) is 0 Å². The molecule has 0 heteroatoms. The average Bonchev–Trinajstić information content (AvgIpc) is 2.40. The Morgan fingerprint density at radius 1 is 0.882 bits per heavy atom. The summed E-state index contributed by atoms with van der Waals surface area (Å²) in [6.07, 6.45) is 2.50. The van der Waals surface area contributed by atoms with Crippen LogP contribution in [0.25, 0.3) is 0 Å². The van der Waals surface area contributed by atoms with Gasteiger partial charge >= 0.3 is 0 Å². The zero-order chi connectivity index (χ0) is 11.7. The van der Waals surface area contributed by atoms with E-state index in [1.165, 1.54) is 18.4 Å². The molecule has 0 fully saturated rings. The van der Waals surface area contributed by atoms with Crippen LogP contribution in [0.3, 0.4) is 0 Å². The molecule has 3 rings (SSSR count). The summed E-state index contributed by atoms with van der Waals surface area (Å²) in [5.41, 5.74) is 4.59. The number of rotatable bonds is 1. The first-order valence-corrected chi connectivity index (χ1v) is 6.49. The van der Waals surface area contributed by atoms with Gasteiger partial charge in [0.2, 0.25) is 0 Å². The second-order valence-corrected chi connectivity index (χ2v) is 5.04. The van der Waals surface area contributed by atoms with Crippen molar-refractivity contribution >= 4 is 0 Å². The first-order valence-electron chi connectivity index (χ1n) is 6.49. The maximum atomic E-state index is 2.37. The summed E-state index contributed by atoms with van der Waals surface area (Å²) in [4.78, 5) is 0. The summed E-state index contributed by atoms with van der Waals surface area (Å²) in [7, 11) is 0. The lowest BCUT2D eigenvalue weighted by atomic mass is 9.73. The molecule has 0 aromatic heterocycles. The third-order valence-electron chi connectivity index (χ3n) is 4.10. The summed E-state index contributed by atoms with van der Waals surface area (Å²) < 4.78 is 0. The van der Waals surface area contributed by atoms with Gasteiger partial charge in [0.1, 0.15) is 0 Å². The number of benzene rings is 2. The Hall–Kier alpha value is -1.56. The summed E-state index contributed by atoms with van der Waals surface area (Å²) in [6, 6.07) is 19.9. The van der Waals surface area contributed by atoms with Crippen molar-refractivity contribution < 1.29 is 0 Å². The molecule has 0 heterocycles. The van der Waals surface area contributed by atoms with Gasteiger partial charge in [-0.2, -0.15) is 0 Å². The molecule has 0 aliphatic heterocycles. The maximum Gasteiger partial charge on any atom is -0.00925 e. The second kappa shape index (κ2) is 4.37. The van der Waals surface area contributed by atoms with E-state index < -0.39 is 0 Å². The molecule has 2 aromatic rings. The van der Waals surface area contributed by atoms with Gasteiger partial charge < -0.3 is 0 Å². The largest absolute Gasteiger partial charge is 0.0622 e. The standard InChI is InChI=1S/C17H18/c1-13-16-10-6-5-9-15(16)11-12-17(13)14-7-3-2-4-8-14/h2-10,13,17H,11-12H2,1H3. The SMILES string of the molecule is CC1c2ccccc2CCC1c1ccccc1. The highest BCUT2D eigenvalue weighted by Gasteiger charge is 2.26. The van der Waals surface area contributed by atoms with Gasteiger partial charge in [0.05, 0.1) is 0 Å². The molecular weight excluding hydrogens is 204 g/mol. The highest BCUT2D eigenvalue weighted by molar-refractivity contribution is 5.37. The van der Waals surface area contributed by atoms with E-state index in [0.29, 0.717) is 11.8 Å². The van der Waals surface area contributed by atoms with Crippen LogP contribution in [-0.4, -0.2) is 0 Å². The zero-order valence-electron chi connectivity index (χ0n) is 10.3. The molecule has 86 valence electrons. The van der Waals surface area contributed by atoms with Crippen LogP contribution >= 0.6 is 0 Å². The molecule has 0 nitrogen and oxygen atoms in total. The lowest BCUT2D eigenvalue weighted by Gasteiger charge is -2.31. The predicted octanol–water partition coefficient (Wildman–Crippen LogP) is 4.52. The molecule has 0 radical (unpaired) electrons. The predicted molar refractivity (Wildman–Crippen MR) is 72.4 cm³/mol. The van der Waals surface area contributed by atoms with Gasteiger partial charge in [0.25, 0.3) is 0 Å². The third kappa shape index (κ3) is 1.88. The van der Waals surface area contributed by atoms with E-state index in [4.69, 9.17) is 0 Å². The minimum absolute atomic E-state index is 0.641. The van der Waals surface area contributed by atoms with Gasteiger partial charge in [-0.3, -0.25) is 0 Å². The Balaban J connectivity index is 1.97. The lowest BCUT2D eigenvalue weighted by Crippen LogP contribution is -2.16. The van der Waals surface area contributed by atoms with E-state index in [1.54, 1.807) is 11.1 Å². The van der Waals surface area contributed by atoms with Crippen molar-refractivity contribution in [2.45, 2.75) is 31.6 Å². The number of hydrogen-bond acceptors (Lipinski definition) is 0. The Kier molecular flexibility index (Phi) is 2.72. The fourth-order valence-electron chi connectivity index (χ4n) is 3.14. The quantitative estimate of drug-likeness (QED) is 0.665. The van der Waals surface area contributed by atoms with Crippen molar-refractivity contribution in [3.63, 3.8) is 0 Å². The van der Waals surface area contributed by atoms with Crippen molar-refractivity contribution in [1.82, 2.24) is 0 Å². The van der Waals surface area contributed by atoms with Crippen LogP contribution < -0.4 is 0 Å². The molecule has 1 aliphatic rings. The molecule has 0 saturated heterocycles. The van der Waals surface area contributed by atoms with Crippen molar-refractivity contribution in [1.29, 1.82) is 0 Å². The summed E-state index contributed by atoms with van der Waals surface area (Å²) in [6.45, 7) is 2.37. The number of aryl methyl sites for hydroxylation is 1. The monoisotopic (exact) mass is 222 g/mol. The van der Waals surface area contributed by atoms with Crippen LogP contribution in [0.2, 0.25) is 0 Å². The fourth-order valence-corrected chi connectivity index (χ4v) is 3.14. The van der Waals surface area contributed by atoms with Crippen LogP contribution in [0.4, 0.5) is 0 Å². The molecular formula is C17H18. The Morgan fingerprint density at radius 2 is 1.59 bits per heavy atom. The highest BCUT2D eigenvalue weighted by Crippen LogP contribution is 2.41. The molecule has 2 atom stereocenters. The van der Waals surface area contributed by atoms with Gasteiger partial charge in [-0.1, -0.05) is 61.5 Å². The van der Waals surface area contributed by atoms with E-state index in [-0.39, 0.29) is 0 Å². The minimum atomic E-state index is 0.641. The van der Waals surface area contributed by atoms with Crippen molar-refractivity contribution in [2.75, 3.05) is 0 Å². The van der Waals surface area contributed by atoms with Crippen LogP contribution in [0, 0.1) is 0 Å². The fraction of sp³-hybridized carbons (Fsp3) is 0.294. The van der Waals surface area contributed by atoms with Crippen molar-refractivity contribution in [3.8, 4) is 0 Å². The van der Waals surface area contributed by atoms with Crippen molar-refractivity contribution in [2.24, 2.45) is 0 Å². The smallest absolute Gasteiger partial charge is 0.00925 e. The van der Waals surface area contributed by atoms with Gasteiger partial charge in [-0.05, 0) is 41.4 Å². The van der Waals surface area contributed by atoms with Gasteiger partial charge in [0.15, 0.2) is 0 Å². The highest BCUT2D eigenvalue weighted by atomic mass is 14.3. The lowest BCUT2D eigenvalue weighted by molar-refractivity contribution is 0.502. The summed E-state index contributed by atoms with van der Waals surface area (Å²) in [5, 5.41) is 0. The zero-order valence-corrected chi connectivity index (χ0v) is 10.3. The van der Waals surface area contributed by atoms with Gasteiger partial charge in [-0.15, -0.1) is 0 Å². The number of hydrogen-bond donors (Lipinski definition) is 0. The second-order valence-electron chi connectivity index (χ2n) is 5.04. The first kappa shape index (κ1) is 10.6. The van der Waals surface area contributed by atoms with E-state index >= 15 is 0 Å². The molecule has 1 aliphatic carbocycles. The molecule has 2 aromatic carbocycles. The van der Waals surface area contributed by atoms with Crippen molar-refractivity contribution in [3.05, 3.63) is 71.3 Å². The molecule has 17 heavy (non-hydrogen) atoms. The van der Waals surface area contributed by atoms with Crippen LogP contribution in [0.1, 0.15) is 41.9 Å². The minimum Gasteiger partial charge on any atom is -0.0622 e. The van der Waals surface area contributed by atoms with E-state index in [9.17, 15) is 0 Å². The third-order valence-corrected chi connectivity index (χ3v) is 4.10. The van der Waals surface area contributed by atoms with Crippen LogP contribution in [0.5, 0.6) is 0 Å². The Labute approximate surface area is 103 Å². The maximum absolute atomic E-state index is 2.37. The van der Waals surface area contributed by atoms with E-state index in [2.05, 4.69) is 61.5 Å². The first-order chi connectivity index (χ1) is 8.36. The number of fused-ring (bicyclic) bond motifs is 1. The normalized spacial score (nSPS) is 23.1. The molecule has 0 saturated carbocycles. The molecule has 0 bridgehead atoms. The van der Waals surface area contributed by atoms with Crippen LogP contribution in [-0.2, 0) is 6.42 Å². The van der Waals surface area contributed by atoms with Gasteiger partial charge in [-0.25, -0.2) is 0 Å². The van der Waals surface area contributed by atoms with Crippen LogP contribution in [0.15, 0.2) is 54.6 Å². The Morgan fingerprint density at radius 3 is 2.41 bits per heavy atom. The van der Waals surface area contributed by atoms with E-state index in [1.807, 2.05) is 0 Å². The summed E-state index contributed by atoms with van der Waals surface area (Å²) >= 11 is 0. The van der Waals surface area contributed by atoms with Gasteiger partial charge in [0, 0.05) is 0 Å². The molecule has 2 unspecified atom stereocenters. The molecule has 0 amide bonds. The Bertz CT molecular complexity index is 498. The average molecular weight is 222 g/mol. The summed E-state index contributed by atoms with van der Waals surface area (Å²) in [5.74, 6) is 1.33. The topological polar surface area (TPSA) is 0 Å². The molecule has 0 N–H and O–H groups in total. The molecule has 0 spiro atoms.